The minimum atomic E-state index is -0.645. The highest BCUT2D eigenvalue weighted by atomic mass is 79.9. The summed E-state index contributed by atoms with van der Waals surface area (Å²) in [5.41, 5.74) is 0. The lowest BCUT2D eigenvalue weighted by atomic mass is 9.71. The Kier molecular flexibility index (Phi) is 9.31. The van der Waals surface area contributed by atoms with E-state index >= 15 is 0 Å². The number of unbranched alkanes of at least 4 members (excludes halogenated alkanes) is 3. The molecule has 3 aliphatic heterocycles. The Hall–Kier alpha value is -1.06. The summed E-state index contributed by atoms with van der Waals surface area (Å²) in [6.45, 7) is 9.50. The molecule has 0 aromatic heterocycles. The number of ether oxygens (including phenoxy) is 1. The number of esters is 1. The second-order valence-corrected chi connectivity index (χ2v) is 11.9. The largest absolute Gasteiger partial charge is 0.466 e. The van der Waals surface area contributed by atoms with Gasteiger partial charge in [-0.05, 0) is 32.6 Å². The van der Waals surface area contributed by atoms with Gasteiger partial charge in [0, 0.05) is 36.3 Å². The molecule has 3 heterocycles. The van der Waals surface area contributed by atoms with Crippen LogP contribution in [0.5, 0.6) is 0 Å². The molecule has 3 fully saturated rings. The third kappa shape index (κ3) is 4.87. The molecule has 186 valence electrons. The Morgan fingerprint density at radius 3 is 2.73 bits per heavy atom. The zero-order valence-corrected chi connectivity index (χ0v) is 22.1. The second kappa shape index (κ2) is 11.6. The van der Waals surface area contributed by atoms with Gasteiger partial charge in [0.15, 0.2) is 0 Å². The number of thioether (sulfide) groups is 1. The summed E-state index contributed by atoms with van der Waals surface area (Å²) < 4.78 is 4.73. The number of halogens is 1. The van der Waals surface area contributed by atoms with Crippen LogP contribution in [0.25, 0.3) is 0 Å². The van der Waals surface area contributed by atoms with Crippen LogP contribution in [0.3, 0.4) is 0 Å². The van der Waals surface area contributed by atoms with E-state index in [0.717, 1.165) is 19.3 Å². The predicted octanol–water partition coefficient (Wildman–Crippen LogP) is 2.99. The van der Waals surface area contributed by atoms with Gasteiger partial charge in [-0.2, -0.15) is 0 Å². The van der Waals surface area contributed by atoms with Crippen molar-refractivity contribution in [2.45, 2.75) is 73.2 Å². The summed E-state index contributed by atoms with van der Waals surface area (Å²) in [5, 5.41) is 9.19. The van der Waals surface area contributed by atoms with Crippen molar-refractivity contribution in [3.05, 3.63) is 12.7 Å². The predicted molar refractivity (Wildman–Crippen MR) is 133 cm³/mol. The van der Waals surface area contributed by atoms with Crippen LogP contribution in [0.15, 0.2) is 12.7 Å². The van der Waals surface area contributed by atoms with E-state index in [1.807, 2.05) is 4.90 Å². The van der Waals surface area contributed by atoms with Gasteiger partial charge >= 0.3 is 5.97 Å². The molecule has 0 aromatic rings. The van der Waals surface area contributed by atoms with E-state index in [9.17, 15) is 19.5 Å². The Morgan fingerprint density at radius 2 is 2.09 bits per heavy atom. The molecular weight excluding hydrogens is 508 g/mol. The molecule has 6 atom stereocenters. The van der Waals surface area contributed by atoms with Gasteiger partial charge in [-0.3, -0.25) is 14.4 Å². The Bertz CT molecular complexity index is 752. The summed E-state index contributed by atoms with van der Waals surface area (Å²) in [7, 11) is 0. The second-order valence-electron chi connectivity index (χ2n) is 9.16. The van der Waals surface area contributed by atoms with Crippen molar-refractivity contribution in [2.75, 3.05) is 32.8 Å². The lowest BCUT2D eigenvalue weighted by Crippen LogP contribution is -2.55. The molecule has 0 aliphatic carbocycles. The van der Waals surface area contributed by atoms with Gasteiger partial charge in [-0.15, -0.1) is 18.3 Å². The van der Waals surface area contributed by atoms with E-state index in [0.29, 0.717) is 38.9 Å². The third-order valence-corrected chi connectivity index (χ3v) is 10.3. The van der Waals surface area contributed by atoms with E-state index in [1.165, 1.54) is 0 Å². The van der Waals surface area contributed by atoms with Crippen molar-refractivity contribution in [3.63, 3.8) is 0 Å². The molecular formula is C24H37BrN2O5S. The molecule has 0 aromatic carbocycles. The van der Waals surface area contributed by atoms with Crippen LogP contribution in [0, 0.1) is 11.8 Å². The average Bonchev–Trinajstić information content (AvgIpc) is 3.37. The quantitative estimate of drug-likeness (QED) is 0.166. The van der Waals surface area contributed by atoms with Gasteiger partial charge in [0.05, 0.1) is 23.2 Å². The zero-order valence-electron chi connectivity index (χ0n) is 19.7. The summed E-state index contributed by atoms with van der Waals surface area (Å²) in [6.07, 6.45) is 6.57. The first kappa shape index (κ1) is 26.5. The van der Waals surface area contributed by atoms with Crippen molar-refractivity contribution in [2.24, 2.45) is 11.8 Å². The van der Waals surface area contributed by atoms with Gasteiger partial charge in [-0.1, -0.05) is 41.8 Å². The van der Waals surface area contributed by atoms with Gasteiger partial charge in [0.25, 0.3) is 0 Å². The number of nitrogens with zero attached hydrogens (tertiary/aromatic N) is 2. The Balaban J connectivity index is 1.98. The number of alkyl halides is 1. The first-order valence-electron chi connectivity index (χ1n) is 12.2. The summed E-state index contributed by atoms with van der Waals surface area (Å²) in [6, 6.07) is -0.621. The van der Waals surface area contributed by atoms with Crippen LogP contribution in [0.1, 0.15) is 52.4 Å². The van der Waals surface area contributed by atoms with Crippen LogP contribution in [-0.2, 0) is 19.1 Å². The van der Waals surface area contributed by atoms with Crippen molar-refractivity contribution in [1.82, 2.24) is 9.80 Å². The third-order valence-electron chi connectivity index (χ3n) is 7.08. The van der Waals surface area contributed by atoms with E-state index in [2.05, 4.69) is 29.4 Å². The molecule has 0 saturated carbocycles. The maximum atomic E-state index is 14.0. The molecule has 1 N–H and O–H groups in total. The number of aliphatic hydroxyl groups excluding tert-OH is 1. The van der Waals surface area contributed by atoms with Crippen molar-refractivity contribution < 1.29 is 24.2 Å². The number of hydrogen-bond donors (Lipinski definition) is 1. The standard InChI is InChI=1S/C24H37BrN2O5S/c1-4-7-8-12-26(11-5-2)22(30)20-24-15-16(25)19(33-24)17(23(31)32-6-3)18(24)21(29)27(20)13-9-10-14-28/h5,16-20,28H,2,4,6-15H2,1,3H3/t16?,17-,18+,19-,20?,24?/m1/s1. The molecule has 7 nitrogen and oxygen atoms in total. The van der Waals surface area contributed by atoms with E-state index < -0.39 is 22.6 Å². The topological polar surface area (TPSA) is 87.2 Å². The number of fused-ring (bicyclic) bond motifs is 1. The van der Waals surface area contributed by atoms with Gasteiger partial charge < -0.3 is 19.6 Å². The fraction of sp³-hybridized carbons (Fsp3) is 0.792. The number of hydrogen-bond acceptors (Lipinski definition) is 6. The highest BCUT2D eigenvalue weighted by Gasteiger charge is 2.76. The first-order chi connectivity index (χ1) is 15.9. The number of likely N-dealkylation sites (tertiary alicyclic amines) is 1. The average molecular weight is 546 g/mol. The molecule has 1 spiro atoms. The lowest BCUT2D eigenvalue weighted by molar-refractivity contribution is -0.153. The number of amides is 2. The van der Waals surface area contributed by atoms with E-state index in [4.69, 9.17) is 4.74 Å². The minimum absolute atomic E-state index is 0.0422. The Labute approximate surface area is 209 Å². The zero-order chi connectivity index (χ0) is 24.2. The molecule has 33 heavy (non-hydrogen) atoms. The first-order valence-corrected chi connectivity index (χ1v) is 14.0. The van der Waals surface area contributed by atoms with Crippen LogP contribution in [0.2, 0.25) is 0 Å². The molecule has 3 rings (SSSR count). The lowest BCUT2D eigenvalue weighted by Gasteiger charge is -2.38. The van der Waals surface area contributed by atoms with Crippen LogP contribution < -0.4 is 0 Å². The number of carbonyl (C=O) groups excluding carboxylic acids is 3. The summed E-state index contributed by atoms with van der Waals surface area (Å²) in [4.78, 5) is 44.4. The molecule has 9 heteroatoms. The number of rotatable bonds is 13. The van der Waals surface area contributed by atoms with Gasteiger partial charge in [0.2, 0.25) is 11.8 Å². The summed E-state index contributed by atoms with van der Waals surface area (Å²) >= 11 is 5.39. The molecule has 2 amide bonds. The maximum absolute atomic E-state index is 14.0. The smallest absolute Gasteiger partial charge is 0.310 e. The normalized spacial score (nSPS) is 32.2. The maximum Gasteiger partial charge on any atom is 0.310 e. The summed E-state index contributed by atoms with van der Waals surface area (Å²) in [5.74, 6) is -1.61. The van der Waals surface area contributed by atoms with E-state index in [1.54, 1.807) is 29.7 Å². The van der Waals surface area contributed by atoms with Crippen LogP contribution >= 0.6 is 27.7 Å². The Morgan fingerprint density at radius 1 is 1.33 bits per heavy atom. The SMILES string of the molecule is C=CCN(CCCCC)C(=O)C1N(CCCCO)C(=O)[C@@H]2[C@@H](C(=O)OCC)[C@@H]3SC12CC3Br. The monoisotopic (exact) mass is 544 g/mol. The van der Waals surface area contributed by atoms with Crippen molar-refractivity contribution in [1.29, 1.82) is 0 Å². The highest BCUT2D eigenvalue weighted by molar-refractivity contribution is 9.09. The molecule has 3 aliphatic rings. The van der Waals surface area contributed by atoms with Crippen molar-refractivity contribution in [3.8, 4) is 0 Å². The van der Waals surface area contributed by atoms with Crippen LogP contribution in [-0.4, -0.2) is 86.4 Å². The molecule has 3 unspecified atom stereocenters. The number of aliphatic hydroxyl groups is 1. The number of carbonyl (C=O) groups is 3. The van der Waals surface area contributed by atoms with Crippen molar-refractivity contribution >= 4 is 45.5 Å². The molecule has 2 bridgehead atoms. The fourth-order valence-electron chi connectivity index (χ4n) is 5.72. The van der Waals surface area contributed by atoms with Gasteiger partial charge in [0.1, 0.15) is 6.04 Å². The molecule has 0 radical (unpaired) electrons. The molecule has 3 saturated heterocycles. The van der Waals surface area contributed by atoms with E-state index in [-0.39, 0.29) is 41.1 Å². The van der Waals surface area contributed by atoms with Gasteiger partial charge in [-0.25, -0.2) is 0 Å². The highest BCUT2D eigenvalue weighted by Crippen LogP contribution is 2.68. The van der Waals surface area contributed by atoms with Crippen LogP contribution in [0.4, 0.5) is 0 Å². The fourth-order valence-corrected chi connectivity index (χ4v) is 9.32. The minimum Gasteiger partial charge on any atom is -0.466 e.